The van der Waals surface area contributed by atoms with Gasteiger partial charge in [0, 0.05) is 45.5 Å². The van der Waals surface area contributed by atoms with Crippen LogP contribution in [0.15, 0.2) is 39.7 Å². The molecule has 1 N–H and O–H groups in total. The molecule has 7 heteroatoms. The Bertz CT molecular complexity index is 814. The zero-order valence-corrected chi connectivity index (χ0v) is 17.7. The number of benzene rings is 1. The molecule has 2 aromatic rings. The number of nitrogens with zero attached hydrogens (tertiary/aromatic N) is 4. The van der Waals surface area contributed by atoms with Gasteiger partial charge in [0.05, 0.1) is 11.9 Å². The Balaban J connectivity index is 1.35. The van der Waals surface area contributed by atoms with Gasteiger partial charge in [0.2, 0.25) is 0 Å². The molecule has 1 saturated heterocycles. The maximum absolute atomic E-state index is 11.8. The fourth-order valence-electron chi connectivity index (χ4n) is 3.37. The maximum atomic E-state index is 11.8. The van der Waals surface area contributed by atoms with Crippen molar-refractivity contribution in [2.45, 2.75) is 19.8 Å². The molecule has 146 valence electrons. The van der Waals surface area contributed by atoms with Crippen molar-refractivity contribution in [2.75, 3.05) is 49.5 Å². The third-order valence-corrected chi connectivity index (χ3v) is 5.80. The topological polar surface area (TPSA) is 53.4 Å². The Hall–Kier alpha value is -1.86. The molecule has 0 atom stereocenters. The predicted octanol–water partition coefficient (Wildman–Crippen LogP) is 2.87. The van der Waals surface area contributed by atoms with Gasteiger partial charge in [0.15, 0.2) is 0 Å². The van der Waals surface area contributed by atoms with Crippen molar-refractivity contribution >= 4 is 27.3 Å². The average molecular weight is 434 g/mol. The summed E-state index contributed by atoms with van der Waals surface area (Å²) in [5, 5.41) is 7.35. The first-order valence-corrected chi connectivity index (χ1v) is 10.3. The van der Waals surface area contributed by atoms with E-state index in [1.54, 1.807) is 13.2 Å². The van der Waals surface area contributed by atoms with Gasteiger partial charge in [-0.1, -0.05) is 12.1 Å². The molecule has 1 fully saturated rings. The van der Waals surface area contributed by atoms with E-state index in [0.717, 1.165) is 57.8 Å². The highest BCUT2D eigenvalue weighted by atomic mass is 79.9. The molecule has 27 heavy (non-hydrogen) atoms. The van der Waals surface area contributed by atoms with Crippen LogP contribution in [0.25, 0.3) is 0 Å². The number of rotatable bonds is 7. The smallest absolute Gasteiger partial charge is 0.282 e. The molecule has 0 unspecified atom stereocenters. The maximum Gasteiger partial charge on any atom is 0.282 e. The van der Waals surface area contributed by atoms with Crippen LogP contribution in [0.5, 0.6) is 0 Å². The zero-order valence-electron chi connectivity index (χ0n) is 16.1. The summed E-state index contributed by atoms with van der Waals surface area (Å²) in [6.07, 6.45) is 3.91. The van der Waals surface area contributed by atoms with Crippen molar-refractivity contribution in [3.8, 4) is 0 Å². The third kappa shape index (κ3) is 5.32. The van der Waals surface area contributed by atoms with E-state index in [9.17, 15) is 4.79 Å². The van der Waals surface area contributed by atoms with Crippen LogP contribution in [0, 0.1) is 6.92 Å². The summed E-state index contributed by atoms with van der Waals surface area (Å²) in [5.74, 6) is 0. The van der Waals surface area contributed by atoms with Crippen molar-refractivity contribution < 1.29 is 0 Å². The second-order valence-electron chi connectivity index (χ2n) is 7.10. The van der Waals surface area contributed by atoms with Crippen molar-refractivity contribution in [1.29, 1.82) is 0 Å². The van der Waals surface area contributed by atoms with Crippen LogP contribution in [0.4, 0.5) is 11.4 Å². The Kier molecular flexibility index (Phi) is 6.90. The molecule has 0 bridgehead atoms. The van der Waals surface area contributed by atoms with Crippen LogP contribution < -0.4 is 15.8 Å². The summed E-state index contributed by atoms with van der Waals surface area (Å²) in [5.41, 5.74) is 3.31. The van der Waals surface area contributed by atoms with Gasteiger partial charge in [-0.25, -0.2) is 4.68 Å². The summed E-state index contributed by atoms with van der Waals surface area (Å²) >= 11 is 3.34. The normalized spacial score (nSPS) is 15.1. The lowest BCUT2D eigenvalue weighted by molar-refractivity contribution is 0.254. The van der Waals surface area contributed by atoms with E-state index >= 15 is 0 Å². The Morgan fingerprint density at radius 3 is 2.70 bits per heavy atom. The van der Waals surface area contributed by atoms with E-state index in [4.69, 9.17) is 0 Å². The van der Waals surface area contributed by atoms with Crippen LogP contribution >= 0.6 is 15.9 Å². The van der Waals surface area contributed by atoms with Crippen molar-refractivity contribution in [3.63, 3.8) is 0 Å². The molecule has 0 amide bonds. The van der Waals surface area contributed by atoms with E-state index in [2.05, 4.69) is 67.3 Å². The summed E-state index contributed by atoms with van der Waals surface area (Å²) in [6.45, 7) is 8.53. The van der Waals surface area contributed by atoms with E-state index in [0.29, 0.717) is 4.47 Å². The second-order valence-corrected chi connectivity index (χ2v) is 7.90. The van der Waals surface area contributed by atoms with Crippen LogP contribution in [0.3, 0.4) is 0 Å². The van der Waals surface area contributed by atoms with Crippen molar-refractivity contribution in [1.82, 2.24) is 14.7 Å². The van der Waals surface area contributed by atoms with Crippen LogP contribution in [0.1, 0.15) is 18.4 Å². The van der Waals surface area contributed by atoms with Gasteiger partial charge in [-0.05, 0) is 59.9 Å². The fourth-order valence-corrected chi connectivity index (χ4v) is 3.87. The molecule has 0 spiro atoms. The fraction of sp³-hybridized carbons (Fsp3) is 0.500. The Morgan fingerprint density at radius 2 is 1.96 bits per heavy atom. The molecule has 0 radical (unpaired) electrons. The molecular formula is C20H28BrN5O. The molecule has 1 aliphatic heterocycles. The minimum Gasteiger partial charge on any atom is -0.383 e. The van der Waals surface area contributed by atoms with Crippen LogP contribution in [-0.4, -0.2) is 53.9 Å². The molecule has 1 aromatic carbocycles. The molecule has 1 aromatic heterocycles. The van der Waals surface area contributed by atoms with E-state index in [1.165, 1.54) is 15.9 Å². The highest BCUT2D eigenvalue weighted by molar-refractivity contribution is 9.10. The molecule has 1 aliphatic rings. The zero-order chi connectivity index (χ0) is 19.2. The monoisotopic (exact) mass is 433 g/mol. The lowest BCUT2D eigenvalue weighted by Crippen LogP contribution is -2.46. The number of unbranched alkanes of at least 4 members (excludes halogenated alkanes) is 1. The van der Waals surface area contributed by atoms with Gasteiger partial charge in [0.25, 0.3) is 5.56 Å². The minimum absolute atomic E-state index is 0.119. The van der Waals surface area contributed by atoms with Gasteiger partial charge in [0.1, 0.15) is 4.47 Å². The van der Waals surface area contributed by atoms with E-state index in [1.807, 2.05) is 0 Å². The summed E-state index contributed by atoms with van der Waals surface area (Å²) in [6, 6.07) is 8.76. The molecule has 2 heterocycles. The Labute approximate surface area is 169 Å². The number of hydrogen-bond acceptors (Lipinski definition) is 5. The highest BCUT2D eigenvalue weighted by Crippen LogP contribution is 2.18. The number of aryl methyl sites for hydroxylation is 2. The molecule has 3 rings (SSSR count). The number of hydrogen-bond donors (Lipinski definition) is 1. The number of aromatic nitrogens is 2. The highest BCUT2D eigenvalue weighted by Gasteiger charge is 2.16. The van der Waals surface area contributed by atoms with Gasteiger partial charge >= 0.3 is 0 Å². The van der Waals surface area contributed by atoms with Crippen LogP contribution in [-0.2, 0) is 7.05 Å². The van der Waals surface area contributed by atoms with E-state index < -0.39 is 0 Å². The third-order valence-electron chi connectivity index (χ3n) is 5.03. The second kappa shape index (κ2) is 9.37. The van der Waals surface area contributed by atoms with Gasteiger partial charge in [-0.2, -0.15) is 5.10 Å². The largest absolute Gasteiger partial charge is 0.383 e. The average Bonchev–Trinajstić information content (AvgIpc) is 2.68. The van der Waals surface area contributed by atoms with Gasteiger partial charge in [-0.3, -0.25) is 9.69 Å². The van der Waals surface area contributed by atoms with Crippen LogP contribution in [0.2, 0.25) is 0 Å². The van der Waals surface area contributed by atoms with E-state index in [-0.39, 0.29) is 5.56 Å². The lowest BCUT2D eigenvalue weighted by atomic mass is 10.2. The lowest BCUT2D eigenvalue weighted by Gasteiger charge is -2.36. The summed E-state index contributed by atoms with van der Waals surface area (Å²) in [7, 11) is 1.65. The number of anilines is 2. The first-order valence-electron chi connectivity index (χ1n) is 9.54. The van der Waals surface area contributed by atoms with Gasteiger partial charge in [-0.15, -0.1) is 0 Å². The molecule has 0 saturated carbocycles. The summed E-state index contributed by atoms with van der Waals surface area (Å²) in [4.78, 5) is 16.9. The summed E-state index contributed by atoms with van der Waals surface area (Å²) < 4.78 is 1.87. The first-order chi connectivity index (χ1) is 13.0. The first kappa shape index (κ1) is 19.9. The van der Waals surface area contributed by atoms with Crippen molar-refractivity contribution in [2.24, 2.45) is 7.05 Å². The molecule has 0 aliphatic carbocycles. The molecular weight excluding hydrogens is 406 g/mol. The Morgan fingerprint density at radius 1 is 1.19 bits per heavy atom. The predicted molar refractivity (Wildman–Crippen MR) is 115 cm³/mol. The standard InChI is InChI=1S/C20H28BrN5O/c1-16-6-5-7-17(14-16)26-12-10-25(11-13-26)9-4-3-8-22-18-15-23-24(2)20(27)19(18)21/h5-7,14-15,22H,3-4,8-13H2,1-2H3. The quantitative estimate of drug-likeness (QED) is 0.680. The SMILES string of the molecule is Cc1cccc(N2CCN(CCCCNc3cnn(C)c(=O)c3Br)CC2)c1. The number of nitrogens with one attached hydrogen (secondary N) is 1. The number of piperazine rings is 1. The minimum atomic E-state index is -0.119. The number of halogens is 1. The molecule has 6 nitrogen and oxygen atoms in total. The van der Waals surface area contributed by atoms with Gasteiger partial charge < -0.3 is 10.2 Å². The van der Waals surface area contributed by atoms with Crippen molar-refractivity contribution in [3.05, 3.63) is 50.9 Å².